The van der Waals surface area contributed by atoms with Crippen molar-refractivity contribution >= 4 is 5.57 Å². The minimum Gasteiger partial charge on any atom is -0.385 e. The van der Waals surface area contributed by atoms with Crippen molar-refractivity contribution in [1.29, 1.82) is 0 Å². The molecule has 0 amide bonds. The molecule has 0 fully saturated rings. The summed E-state index contributed by atoms with van der Waals surface area (Å²) in [6.07, 6.45) is 7.19. The molecule has 0 spiro atoms. The molecule has 118 valence electrons. The van der Waals surface area contributed by atoms with Crippen LogP contribution in [0.2, 0.25) is 0 Å². The van der Waals surface area contributed by atoms with Crippen molar-refractivity contribution in [3.63, 3.8) is 0 Å². The zero-order valence-corrected chi connectivity index (χ0v) is 14.6. The van der Waals surface area contributed by atoms with E-state index in [-0.39, 0.29) is 0 Å². The molecule has 0 aliphatic heterocycles. The molecule has 0 aliphatic rings. The third kappa shape index (κ3) is 4.73. The molecular weight excluding hydrogens is 268 g/mol. The third-order valence-electron chi connectivity index (χ3n) is 3.64. The van der Waals surface area contributed by atoms with Crippen LogP contribution in [0, 0.1) is 13.8 Å². The van der Waals surface area contributed by atoms with E-state index in [1.165, 1.54) is 0 Å². The summed E-state index contributed by atoms with van der Waals surface area (Å²) in [4.78, 5) is 4.43. The average molecular weight is 296 g/mol. The van der Waals surface area contributed by atoms with Crippen molar-refractivity contribution in [1.82, 2.24) is 10.3 Å². The quantitative estimate of drug-likeness (QED) is 0.707. The molecule has 1 aromatic rings. The Bertz CT molecular complexity index is 619. The Balaban J connectivity index is 3.04. The van der Waals surface area contributed by atoms with Gasteiger partial charge in [0.25, 0.3) is 0 Å². The van der Waals surface area contributed by atoms with E-state index in [0.29, 0.717) is 0 Å². The van der Waals surface area contributed by atoms with Crippen LogP contribution in [-0.2, 0) is 0 Å². The highest BCUT2D eigenvalue weighted by molar-refractivity contribution is 5.81. The highest BCUT2D eigenvalue weighted by Crippen LogP contribution is 2.26. The van der Waals surface area contributed by atoms with Gasteiger partial charge in [-0.1, -0.05) is 26.2 Å². The van der Waals surface area contributed by atoms with Crippen LogP contribution in [0.5, 0.6) is 0 Å². The van der Waals surface area contributed by atoms with Gasteiger partial charge in [0, 0.05) is 29.7 Å². The zero-order valence-electron chi connectivity index (χ0n) is 14.6. The SMILES string of the molecule is C=C(NCCC)/C(C)=C/C(=C\C)C(=C)c1cc(C)cnc1C. The van der Waals surface area contributed by atoms with Gasteiger partial charge in [-0.3, -0.25) is 4.98 Å². The summed E-state index contributed by atoms with van der Waals surface area (Å²) < 4.78 is 0. The first-order valence-electron chi connectivity index (χ1n) is 7.81. The smallest absolute Gasteiger partial charge is 0.0451 e. The predicted molar refractivity (Wildman–Crippen MR) is 97.7 cm³/mol. The van der Waals surface area contributed by atoms with E-state index in [9.17, 15) is 0 Å². The minimum atomic E-state index is 0.942. The first-order chi connectivity index (χ1) is 10.4. The van der Waals surface area contributed by atoms with E-state index < -0.39 is 0 Å². The molecule has 2 nitrogen and oxygen atoms in total. The summed E-state index contributed by atoms with van der Waals surface area (Å²) in [5.41, 5.74) is 7.44. The first kappa shape index (κ1) is 18.0. The Morgan fingerprint density at radius 3 is 2.59 bits per heavy atom. The van der Waals surface area contributed by atoms with Crippen LogP contribution in [0.3, 0.4) is 0 Å². The zero-order chi connectivity index (χ0) is 16.7. The van der Waals surface area contributed by atoms with Gasteiger partial charge < -0.3 is 5.32 Å². The van der Waals surface area contributed by atoms with Crippen LogP contribution < -0.4 is 5.32 Å². The van der Waals surface area contributed by atoms with Gasteiger partial charge >= 0.3 is 0 Å². The number of rotatable bonds is 7. The normalized spacial score (nSPS) is 12.2. The second-order valence-electron chi connectivity index (χ2n) is 5.60. The first-order valence-corrected chi connectivity index (χ1v) is 7.81. The van der Waals surface area contributed by atoms with E-state index in [4.69, 9.17) is 0 Å². The average Bonchev–Trinajstić information content (AvgIpc) is 2.51. The topological polar surface area (TPSA) is 24.9 Å². The summed E-state index contributed by atoms with van der Waals surface area (Å²) in [5.74, 6) is 0. The second kappa shape index (κ2) is 8.38. The molecule has 1 aromatic heterocycles. The Kier molecular flexibility index (Phi) is 6.84. The Morgan fingerprint density at radius 2 is 2.00 bits per heavy atom. The Labute approximate surface area is 135 Å². The van der Waals surface area contributed by atoms with Crippen LogP contribution in [-0.4, -0.2) is 11.5 Å². The molecule has 0 saturated heterocycles. The van der Waals surface area contributed by atoms with Gasteiger partial charge in [-0.25, -0.2) is 0 Å². The summed E-state index contributed by atoms with van der Waals surface area (Å²) in [6, 6.07) is 2.14. The van der Waals surface area contributed by atoms with Crippen LogP contribution in [0.15, 0.2) is 54.4 Å². The van der Waals surface area contributed by atoms with Crippen LogP contribution >= 0.6 is 0 Å². The lowest BCUT2D eigenvalue weighted by molar-refractivity contribution is 0.778. The molecule has 0 atom stereocenters. The highest BCUT2D eigenvalue weighted by atomic mass is 14.9. The van der Waals surface area contributed by atoms with Gasteiger partial charge in [-0.05, 0) is 68.5 Å². The van der Waals surface area contributed by atoms with E-state index in [1.807, 2.05) is 20.0 Å². The van der Waals surface area contributed by atoms with Crippen molar-refractivity contribution in [3.05, 3.63) is 71.2 Å². The van der Waals surface area contributed by atoms with Crippen molar-refractivity contribution in [2.45, 2.75) is 41.0 Å². The summed E-state index contributed by atoms with van der Waals surface area (Å²) in [6.45, 7) is 19.6. The Hall–Kier alpha value is -2.09. The lowest BCUT2D eigenvalue weighted by Gasteiger charge is -2.13. The standard InChI is InChI=1S/C20H28N2/c1-8-10-21-17(6)15(4)12-19(9-2)16(5)20-11-14(3)13-22-18(20)7/h9,11-13,21H,5-6,8,10H2,1-4,7H3/b15-12+,19-9+. The van der Waals surface area contributed by atoms with Gasteiger partial charge in [0.15, 0.2) is 0 Å². The third-order valence-corrected chi connectivity index (χ3v) is 3.64. The van der Waals surface area contributed by atoms with Gasteiger partial charge in [0.2, 0.25) is 0 Å². The fraction of sp³-hybridized carbons (Fsp3) is 0.350. The van der Waals surface area contributed by atoms with Crippen molar-refractivity contribution in [2.24, 2.45) is 0 Å². The lowest BCUT2D eigenvalue weighted by atomic mass is 9.95. The Morgan fingerprint density at radius 1 is 1.32 bits per heavy atom. The number of allylic oxidation sites excluding steroid dienone is 5. The van der Waals surface area contributed by atoms with Crippen LogP contribution in [0.25, 0.3) is 5.57 Å². The number of aromatic nitrogens is 1. The fourth-order valence-electron chi connectivity index (χ4n) is 2.18. The summed E-state index contributed by atoms with van der Waals surface area (Å²) in [5, 5.41) is 3.33. The highest BCUT2D eigenvalue weighted by Gasteiger charge is 2.08. The number of hydrogen-bond acceptors (Lipinski definition) is 2. The van der Waals surface area contributed by atoms with E-state index in [0.717, 1.165) is 52.2 Å². The summed E-state index contributed by atoms with van der Waals surface area (Å²) >= 11 is 0. The molecule has 0 radical (unpaired) electrons. The minimum absolute atomic E-state index is 0.942. The van der Waals surface area contributed by atoms with Crippen molar-refractivity contribution in [3.8, 4) is 0 Å². The van der Waals surface area contributed by atoms with Gasteiger partial charge in [0.1, 0.15) is 0 Å². The van der Waals surface area contributed by atoms with Crippen molar-refractivity contribution < 1.29 is 0 Å². The molecule has 0 aliphatic carbocycles. The molecule has 1 heterocycles. The molecule has 0 unspecified atom stereocenters. The number of aryl methyl sites for hydroxylation is 2. The van der Waals surface area contributed by atoms with E-state index in [2.05, 4.69) is 62.4 Å². The maximum atomic E-state index is 4.43. The van der Waals surface area contributed by atoms with Crippen LogP contribution in [0.4, 0.5) is 0 Å². The molecular formula is C20H28N2. The molecule has 2 heteroatoms. The van der Waals surface area contributed by atoms with E-state index in [1.54, 1.807) is 0 Å². The number of nitrogens with one attached hydrogen (secondary N) is 1. The molecule has 0 aromatic carbocycles. The second-order valence-corrected chi connectivity index (χ2v) is 5.60. The maximum Gasteiger partial charge on any atom is 0.0451 e. The number of hydrogen-bond donors (Lipinski definition) is 1. The monoisotopic (exact) mass is 296 g/mol. The summed E-state index contributed by atoms with van der Waals surface area (Å²) in [7, 11) is 0. The molecule has 0 saturated carbocycles. The maximum absolute atomic E-state index is 4.43. The molecule has 1 N–H and O–H groups in total. The van der Waals surface area contributed by atoms with Gasteiger partial charge in [-0.15, -0.1) is 0 Å². The predicted octanol–water partition coefficient (Wildman–Crippen LogP) is 5.12. The fourth-order valence-corrected chi connectivity index (χ4v) is 2.18. The van der Waals surface area contributed by atoms with Crippen LogP contribution in [0.1, 0.15) is 44.0 Å². The van der Waals surface area contributed by atoms with Crippen molar-refractivity contribution in [2.75, 3.05) is 6.54 Å². The van der Waals surface area contributed by atoms with E-state index >= 15 is 0 Å². The van der Waals surface area contributed by atoms with Gasteiger partial charge in [-0.2, -0.15) is 0 Å². The number of nitrogens with zero attached hydrogens (tertiary/aromatic N) is 1. The molecule has 22 heavy (non-hydrogen) atoms. The van der Waals surface area contributed by atoms with Gasteiger partial charge in [0.05, 0.1) is 0 Å². The molecule has 0 bridgehead atoms. The number of pyridine rings is 1. The lowest BCUT2D eigenvalue weighted by Crippen LogP contribution is -2.13. The molecule has 1 rings (SSSR count). The largest absolute Gasteiger partial charge is 0.385 e.